The second-order valence-corrected chi connectivity index (χ2v) is 12.1. The van der Waals surface area contributed by atoms with Crippen LogP contribution in [-0.2, 0) is 9.59 Å². The van der Waals surface area contributed by atoms with Gasteiger partial charge >= 0.3 is 0 Å². The van der Waals surface area contributed by atoms with Gasteiger partial charge in [-0.15, -0.1) is 11.8 Å². The van der Waals surface area contributed by atoms with Crippen molar-refractivity contribution < 1.29 is 19.1 Å². The zero-order valence-corrected chi connectivity index (χ0v) is 27.4. The molecular weight excluding hydrogens is 653 g/mol. The van der Waals surface area contributed by atoms with Crippen LogP contribution in [0.15, 0.2) is 138 Å². The van der Waals surface area contributed by atoms with Crippen LogP contribution in [0.2, 0.25) is 10.0 Å². The molecule has 0 aliphatic carbocycles. The van der Waals surface area contributed by atoms with Gasteiger partial charge in [0.1, 0.15) is 16.7 Å². The number of nitrogens with one attached hydrogen (secondary N) is 3. The first-order chi connectivity index (χ1) is 22.8. The fourth-order valence-electron chi connectivity index (χ4n) is 4.52. The number of methoxy groups -OCH3 is 1. The van der Waals surface area contributed by atoms with Gasteiger partial charge in [0, 0.05) is 26.2 Å². The summed E-state index contributed by atoms with van der Waals surface area (Å²) >= 11 is 13.9. The van der Waals surface area contributed by atoms with Crippen LogP contribution < -0.4 is 20.7 Å². The number of ether oxygens (including phenoxy) is 1. The number of anilines is 2. The van der Waals surface area contributed by atoms with Gasteiger partial charge in [-0.3, -0.25) is 14.4 Å². The maximum atomic E-state index is 13.6. The Hall–Kier alpha value is -5.02. The monoisotopic (exact) mass is 681 g/mol. The average Bonchev–Trinajstić information content (AvgIpc) is 3.09. The Morgan fingerprint density at radius 1 is 0.766 bits per heavy atom. The minimum atomic E-state index is -0.612. The number of hydrogen-bond donors (Lipinski definition) is 3. The molecule has 0 saturated carbocycles. The molecule has 236 valence electrons. The summed E-state index contributed by atoms with van der Waals surface area (Å²) in [4.78, 5) is 40.8. The van der Waals surface area contributed by atoms with Gasteiger partial charge in [-0.05, 0) is 77.9 Å². The van der Waals surface area contributed by atoms with Gasteiger partial charge in [0.2, 0.25) is 5.91 Å². The number of carbonyl (C=O) groups excluding carboxylic acids is 3. The smallest absolute Gasteiger partial charge is 0.272 e. The summed E-state index contributed by atoms with van der Waals surface area (Å²) in [5, 5.41) is 8.79. The number of hydrogen-bond acceptors (Lipinski definition) is 5. The van der Waals surface area contributed by atoms with Crippen molar-refractivity contribution in [1.82, 2.24) is 5.32 Å². The molecule has 7 nitrogen and oxygen atoms in total. The minimum absolute atomic E-state index is 0.0164. The Morgan fingerprint density at radius 2 is 1.43 bits per heavy atom. The summed E-state index contributed by atoms with van der Waals surface area (Å²) in [5.41, 5.74) is 2.74. The lowest BCUT2D eigenvalue weighted by Crippen LogP contribution is -2.30. The van der Waals surface area contributed by atoms with E-state index in [9.17, 15) is 14.4 Å². The molecule has 0 radical (unpaired) electrons. The SMILES string of the molecule is COc1ccc(Cl)cc1NC(=O)C(Sc1ccc(NC(=O)/C(=C/c2ccccc2Cl)NC(=O)c2ccccc2)cc1)c1ccccc1. The van der Waals surface area contributed by atoms with E-state index in [0.717, 1.165) is 10.5 Å². The molecule has 1 atom stereocenters. The lowest BCUT2D eigenvalue weighted by atomic mass is 10.1. The summed E-state index contributed by atoms with van der Waals surface area (Å²) in [6.45, 7) is 0. The molecular formula is C37H29Cl2N3O4S. The highest BCUT2D eigenvalue weighted by Gasteiger charge is 2.24. The number of rotatable bonds is 11. The van der Waals surface area contributed by atoms with E-state index in [0.29, 0.717) is 38.3 Å². The van der Waals surface area contributed by atoms with Gasteiger partial charge in [0.25, 0.3) is 11.8 Å². The number of halogens is 2. The molecule has 10 heteroatoms. The van der Waals surface area contributed by atoms with Crippen LogP contribution in [0.4, 0.5) is 11.4 Å². The third-order valence-electron chi connectivity index (χ3n) is 6.86. The van der Waals surface area contributed by atoms with Gasteiger partial charge in [-0.1, -0.05) is 89.9 Å². The van der Waals surface area contributed by atoms with Crippen LogP contribution in [0.5, 0.6) is 5.75 Å². The summed E-state index contributed by atoms with van der Waals surface area (Å²) in [6.07, 6.45) is 1.53. The van der Waals surface area contributed by atoms with Crippen molar-refractivity contribution >= 4 is 70.1 Å². The second-order valence-electron chi connectivity index (χ2n) is 10.1. The highest BCUT2D eigenvalue weighted by atomic mass is 35.5. The van der Waals surface area contributed by atoms with Crippen LogP contribution in [0, 0.1) is 0 Å². The third kappa shape index (κ3) is 9.04. The van der Waals surface area contributed by atoms with E-state index in [1.54, 1.807) is 84.9 Å². The molecule has 5 aromatic rings. The predicted octanol–water partition coefficient (Wildman–Crippen LogP) is 8.88. The summed E-state index contributed by atoms with van der Waals surface area (Å²) in [7, 11) is 1.52. The Labute approximate surface area is 287 Å². The molecule has 0 spiro atoms. The Morgan fingerprint density at radius 3 is 2.11 bits per heavy atom. The van der Waals surface area contributed by atoms with Crippen LogP contribution in [-0.4, -0.2) is 24.8 Å². The third-order valence-corrected chi connectivity index (χ3v) is 8.71. The summed E-state index contributed by atoms with van der Waals surface area (Å²) in [5.74, 6) is -0.747. The fourth-order valence-corrected chi connectivity index (χ4v) is 5.91. The van der Waals surface area contributed by atoms with Crippen molar-refractivity contribution in [2.45, 2.75) is 10.1 Å². The molecule has 3 amide bonds. The van der Waals surface area contributed by atoms with E-state index in [1.165, 1.54) is 24.9 Å². The molecule has 47 heavy (non-hydrogen) atoms. The Balaban J connectivity index is 1.34. The number of amides is 3. The van der Waals surface area contributed by atoms with Crippen molar-refractivity contribution in [3.8, 4) is 5.75 Å². The largest absolute Gasteiger partial charge is 0.495 e. The van der Waals surface area contributed by atoms with Gasteiger partial charge < -0.3 is 20.7 Å². The molecule has 5 aromatic carbocycles. The van der Waals surface area contributed by atoms with Crippen molar-refractivity contribution in [3.05, 3.63) is 160 Å². The molecule has 0 fully saturated rings. The molecule has 1 unspecified atom stereocenters. The highest BCUT2D eigenvalue weighted by Crippen LogP contribution is 2.38. The van der Waals surface area contributed by atoms with Gasteiger partial charge in [-0.25, -0.2) is 0 Å². The molecule has 0 aliphatic heterocycles. The second kappa shape index (κ2) is 16.0. The van der Waals surface area contributed by atoms with E-state index in [4.69, 9.17) is 27.9 Å². The lowest BCUT2D eigenvalue weighted by Gasteiger charge is -2.19. The number of thioether (sulfide) groups is 1. The van der Waals surface area contributed by atoms with Crippen LogP contribution in [0.1, 0.15) is 26.7 Å². The predicted molar refractivity (Wildman–Crippen MR) is 190 cm³/mol. The van der Waals surface area contributed by atoms with Gasteiger partial charge in [0.15, 0.2) is 0 Å². The molecule has 0 saturated heterocycles. The quantitative estimate of drug-likeness (QED) is 0.0956. The lowest BCUT2D eigenvalue weighted by molar-refractivity contribution is -0.116. The molecule has 3 N–H and O–H groups in total. The van der Waals surface area contributed by atoms with Gasteiger partial charge in [-0.2, -0.15) is 0 Å². The average molecular weight is 683 g/mol. The van der Waals surface area contributed by atoms with Crippen molar-refractivity contribution in [3.63, 3.8) is 0 Å². The number of carbonyl (C=O) groups is 3. The summed E-state index contributed by atoms with van der Waals surface area (Å²) in [6, 6.07) is 37.1. The normalized spacial score (nSPS) is 11.7. The van der Waals surface area contributed by atoms with Crippen molar-refractivity contribution in [2.24, 2.45) is 0 Å². The van der Waals surface area contributed by atoms with Crippen molar-refractivity contribution in [2.75, 3.05) is 17.7 Å². The van der Waals surface area contributed by atoms with E-state index < -0.39 is 17.1 Å². The van der Waals surface area contributed by atoms with E-state index in [1.807, 2.05) is 42.5 Å². The minimum Gasteiger partial charge on any atom is -0.495 e. The van der Waals surface area contributed by atoms with E-state index in [-0.39, 0.29) is 11.6 Å². The van der Waals surface area contributed by atoms with Gasteiger partial charge in [0.05, 0.1) is 12.8 Å². The topological polar surface area (TPSA) is 96.5 Å². The molecule has 0 aliphatic rings. The summed E-state index contributed by atoms with van der Waals surface area (Å²) < 4.78 is 5.40. The number of benzene rings is 5. The zero-order valence-electron chi connectivity index (χ0n) is 25.1. The zero-order chi connectivity index (χ0) is 33.2. The molecule has 0 aromatic heterocycles. The Kier molecular flexibility index (Phi) is 11.4. The first kappa shape index (κ1) is 33.3. The maximum absolute atomic E-state index is 13.6. The fraction of sp³-hybridized carbons (Fsp3) is 0.0541. The van der Waals surface area contributed by atoms with Crippen LogP contribution >= 0.6 is 35.0 Å². The van der Waals surface area contributed by atoms with Crippen molar-refractivity contribution in [1.29, 1.82) is 0 Å². The van der Waals surface area contributed by atoms with E-state index in [2.05, 4.69) is 16.0 Å². The molecule has 0 heterocycles. The highest BCUT2D eigenvalue weighted by molar-refractivity contribution is 8.00. The van der Waals surface area contributed by atoms with Crippen LogP contribution in [0.3, 0.4) is 0 Å². The Bertz CT molecular complexity index is 1900. The first-order valence-electron chi connectivity index (χ1n) is 14.4. The first-order valence-corrected chi connectivity index (χ1v) is 16.0. The standard InChI is InChI=1S/C37H29Cl2N3O4S/c1-46-33-21-16-27(38)23-31(33)41-37(45)34(24-10-4-2-5-11-24)47-29-19-17-28(18-20-29)40-36(44)32(22-26-14-8-9-15-30(26)39)42-35(43)25-12-6-3-7-13-25/h2-23,34H,1H3,(H,40,44)(H,41,45)(H,42,43)/b32-22-. The van der Waals surface area contributed by atoms with Crippen LogP contribution in [0.25, 0.3) is 6.08 Å². The van der Waals surface area contributed by atoms with E-state index >= 15 is 0 Å². The maximum Gasteiger partial charge on any atom is 0.272 e. The molecule has 0 bridgehead atoms. The molecule has 5 rings (SSSR count).